The van der Waals surface area contributed by atoms with E-state index in [-0.39, 0.29) is 0 Å². The molecule has 0 aliphatic carbocycles. The van der Waals surface area contributed by atoms with Crippen molar-refractivity contribution in [1.29, 1.82) is 0 Å². The Labute approximate surface area is 88.4 Å². The number of rotatable bonds is 5. The molecule has 0 aliphatic heterocycles. The van der Waals surface area contributed by atoms with E-state index in [0.717, 1.165) is 11.6 Å². The van der Waals surface area contributed by atoms with Crippen molar-refractivity contribution in [1.82, 2.24) is 0 Å². The summed E-state index contributed by atoms with van der Waals surface area (Å²) < 4.78 is 0. The molecular weight excluding hydrogens is 188 g/mol. The smallest absolute Gasteiger partial charge is 0.187 e. The zero-order valence-corrected chi connectivity index (χ0v) is 10.2. The maximum atomic E-state index is 9.18. The van der Waals surface area contributed by atoms with E-state index < -0.39 is 9.76 Å². The van der Waals surface area contributed by atoms with Gasteiger partial charge in [-0.3, -0.25) is 0 Å². The van der Waals surface area contributed by atoms with Gasteiger partial charge in [0.05, 0.1) is 0 Å². The summed E-state index contributed by atoms with van der Waals surface area (Å²) in [6.07, 6.45) is 3.51. The summed E-state index contributed by atoms with van der Waals surface area (Å²) >= 11 is 0. The Hall–Kier alpha value is -0.863. The molecular formula is C12H18OSi. The lowest BCUT2D eigenvalue weighted by atomic mass is 10.0. The number of hydrogen-bond donors (Lipinski definition) is 1. The lowest BCUT2D eigenvalue weighted by Gasteiger charge is -2.09. The van der Waals surface area contributed by atoms with Crippen LogP contribution in [-0.4, -0.2) is 14.6 Å². The maximum Gasteiger partial charge on any atom is 0.187 e. The van der Waals surface area contributed by atoms with Gasteiger partial charge in [0.25, 0.3) is 0 Å². The van der Waals surface area contributed by atoms with Crippen molar-refractivity contribution in [3.05, 3.63) is 42.0 Å². The van der Waals surface area contributed by atoms with Crippen molar-refractivity contribution in [3.8, 4) is 0 Å². The van der Waals surface area contributed by atoms with Crippen LogP contribution in [0.15, 0.2) is 30.8 Å². The lowest BCUT2D eigenvalue weighted by Crippen LogP contribution is -1.98. The van der Waals surface area contributed by atoms with E-state index in [2.05, 4.69) is 31.7 Å². The van der Waals surface area contributed by atoms with Gasteiger partial charge in [0.15, 0.2) is 9.76 Å². The van der Waals surface area contributed by atoms with Gasteiger partial charge in [-0.2, -0.15) is 0 Å². The molecule has 0 bridgehead atoms. The molecule has 0 fully saturated rings. The lowest BCUT2D eigenvalue weighted by molar-refractivity contribution is 0.616. The zero-order valence-electron chi connectivity index (χ0n) is 8.79. The van der Waals surface area contributed by atoms with Crippen LogP contribution in [0.1, 0.15) is 30.9 Å². The molecule has 0 aromatic heterocycles. The molecule has 1 rings (SSSR count). The molecule has 0 spiro atoms. The molecule has 0 atom stereocenters. The molecule has 0 unspecified atom stereocenters. The summed E-state index contributed by atoms with van der Waals surface area (Å²) in [5, 5.41) is 0.955. The predicted octanol–water partition coefficient (Wildman–Crippen LogP) is 2.08. The molecule has 1 aromatic carbocycles. The first kappa shape index (κ1) is 11.2. The summed E-state index contributed by atoms with van der Waals surface area (Å²) in [4.78, 5) is 9.18. The average molecular weight is 206 g/mol. The summed E-state index contributed by atoms with van der Waals surface area (Å²) in [6, 6.07) is 8.28. The Morgan fingerprint density at radius 3 is 2.79 bits per heavy atom. The van der Waals surface area contributed by atoms with E-state index >= 15 is 0 Å². The highest BCUT2D eigenvalue weighted by Crippen LogP contribution is 2.18. The molecule has 76 valence electrons. The Bertz CT molecular complexity index is 307. The van der Waals surface area contributed by atoms with E-state index in [1.807, 2.05) is 6.07 Å². The standard InChI is InChI=1S/C12H18OSi/c1-3-4-7-11-8-5-6-9-12(11)10(2)14-13/h5-6,8-9,13H,2-4,7,14H2,1H3. The molecule has 1 aromatic rings. The predicted molar refractivity (Wildman–Crippen MR) is 64.9 cm³/mol. The van der Waals surface area contributed by atoms with Gasteiger partial charge in [0.1, 0.15) is 0 Å². The third-order valence-corrected chi connectivity index (χ3v) is 3.15. The summed E-state index contributed by atoms with van der Waals surface area (Å²) in [7, 11) is -1.10. The highest BCUT2D eigenvalue weighted by atomic mass is 28.2. The molecule has 0 amide bonds. The number of unbranched alkanes of at least 4 members (excludes halogenated alkanes) is 1. The van der Waals surface area contributed by atoms with Crippen molar-refractivity contribution in [3.63, 3.8) is 0 Å². The van der Waals surface area contributed by atoms with Crippen molar-refractivity contribution >= 4 is 15.0 Å². The van der Waals surface area contributed by atoms with Gasteiger partial charge in [0.2, 0.25) is 0 Å². The molecule has 1 N–H and O–H groups in total. The Kier molecular flexibility index (Phi) is 4.63. The third-order valence-electron chi connectivity index (χ3n) is 2.39. The maximum absolute atomic E-state index is 9.18. The van der Waals surface area contributed by atoms with E-state index in [9.17, 15) is 4.80 Å². The first-order chi connectivity index (χ1) is 6.79. The van der Waals surface area contributed by atoms with E-state index in [0.29, 0.717) is 0 Å². The highest BCUT2D eigenvalue weighted by Gasteiger charge is 2.03. The van der Waals surface area contributed by atoms with Gasteiger partial charge in [-0.25, -0.2) is 0 Å². The zero-order chi connectivity index (χ0) is 10.4. The first-order valence-corrected chi connectivity index (χ1v) is 6.50. The minimum atomic E-state index is -1.10. The van der Waals surface area contributed by atoms with Crippen LogP contribution in [-0.2, 0) is 6.42 Å². The molecule has 0 saturated carbocycles. The van der Waals surface area contributed by atoms with Gasteiger partial charge >= 0.3 is 0 Å². The van der Waals surface area contributed by atoms with Crippen molar-refractivity contribution in [2.75, 3.05) is 0 Å². The van der Waals surface area contributed by atoms with Crippen molar-refractivity contribution in [2.45, 2.75) is 26.2 Å². The second kappa shape index (κ2) is 5.78. The summed E-state index contributed by atoms with van der Waals surface area (Å²) in [5.41, 5.74) is 2.51. The summed E-state index contributed by atoms with van der Waals surface area (Å²) in [6.45, 7) is 6.12. The van der Waals surface area contributed by atoms with Crippen molar-refractivity contribution < 1.29 is 4.80 Å². The normalized spacial score (nSPS) is 11.0. The third kappa shape index (κ3) is 2.82. The SMILES string of the molecule is C=C([SiH2]O)c1ccccc1CCCC. The van der Waals surface area contributed by atoms with Crippen LogP contribution < -0.4 is 0 Å². The second-order valence-electron chi connectivity index (χ2n) is 3.52. The molecule has 1 nitrogen and oxygen atoms in total. The average Bonchev–Trinajstić information content (AvgIpc) is 2.25. The minimum Gasteiger partial charge on any atom is -0.433 e. The van der Waals surface area contributed by atoms with E-state index in [1.165, 1.54) is 24.0 Å². The fourth-order valence-corrected chi connectivity index (χ4v) is 2.05. The summed E-state index contributed by atoms with van der Waals surface area (Å²) in [5.74, 6) is 0. The van der Waals surface area contributed by atoms with Crippen LogP contribution in [0.3, 0.4) is 0 Å². The van der Waals surface area contributed by atoms with Gasteiger partial charge in [-0.1, -0.05) is 44.2 Å². The van der Waals surface area contributed by atoms with Crippen LogP contribution in [0, 0.1) is 0 Å². The quantitative estimate of drug-likeness (QED) is 0.731. The van der Waals surface area contributed by atoms with Crippen LogP contribution in [0.25, 0.3) is 5.20 Å². The van der Waals surface area contributed by atoms with Crippen LogP contribution >= 0.6 is 0 Å². The molecule has 0 radical (unpaired) electrons. The topological polar surface area (TPSA) is 20.2 Å². The molecule has 0 heterocycles. The second-order valence-corrected chi connectivity index (χ2v) is 4.69. The Morgan fingerprint density at radius 2 is 2.14 bits per heavy atom. The van der Waals surface area contributed by atoms with Crippen LogP contribution in [0.2, 0.25) is 0 Å². The highest BCUT2D eigenvalue weighted by molar-refractivity contribution is 6.53. The van der Waals surface area contributed by atoms with Gasteiger partial charge in [-0.05, 0) is 29.2 Å². The Morgan fingerprint density at radius 1 is 1.43 bits per heavy atom. The molecule has 2 heteroatoms. The fourth-order valence-electron chi connectivity index (χ4n) is 1.54. The minimum absolute atomic E-state index is 0.955. The molecule has 14 heavy (non-hydrogen) atoms. The Balaban J connectivity index is 2.85. The molecule has 0 aliphatic rings. The first-order valence-electron chi connectivity index (χ1n) is 5.16. The van der Waals surface area contributed by atoms with Crippen LogP contribution in [0.5, 0.6) is 0 Å². The molecule has 0 saturated heterocycles. The monoisotopic (exact) mass is 206 g/mol. The van der Waals surface area contributed by atoms with Crippen LogP contribution in [0.4, 0.5) is 0 Å². The van der Waals surface area contributed by atoms with E-state index in [1.54, 1.807) is 0 Å². The number of hydrogen-bond acceptors (Lipinski definition) is 1. The number of benzene rings is 1. The van der Waals surface area contributed by atoms with Crippen molar-refractivity contribution in [2.24, 2.45) is 0 Å². The van der Waals surface area contributed by atoms with Gasteiger partial charge < -0.3 is 4.80 Å². The van der Waals surface area contributed by atoms with E-state index in [4.69, 9.17) is 0 Å². The number of aryl methyl sites for hydroxylation is 1. The fraction of sp³-hybridized carbons (Fsp3) is 0.333. The van der Waals surface area contributed by atoms with Gasteiger partial charge in [-0.15, -0.1) is 0 Å². The van der Waals surface area contributed by atoms with Gasteiger partial charge in [0, 0.05) is 0 Å². The largest absolute Gasteiger partial charge is 0.433 e.